The van der Waals surface area contributed by atoms with Gasteiger partial charge in [0, 0.05) is 11.6 Å². The summed E-state index contributed by atoms with van der Waals surface area (Å²) in [6.07, 6.45) is 1.83. The van der Waals surface area contributed by atoms with Crippen molar-refractivity contribution in [1.29, 1.82) is 0 Å². The summed E-state index contributed by atoms with van der Waals surface area (Å²) in [4.78, 5) is 12.8. The zero-order valence-electron chi connectivity index (χ0n) is 13.2. The van der Waals surface area contributed by atoms with Crippen molar-refractivity contribution in [2.75, 3.05) is 20.0 Å². The van der Waals surface area contributed by atoms with Crippen LogP contribution in [0.15, 0.2) is 42.0 Å². The molecule has 0 aliphatic carbocycles. The van der Waals surface area contributed by atoms with Crippen molar-refractivity contribution in [3.05, 3.63) is 53.1 Å². The molecule has 2 aromatic carbocycles. The van der Waals surface area contributed by atoms with Gasteiger partial charge in [0.1, 0.15) is 18.1 Å². The van der Waals surface area contributed by atoms with Gasteiger partial charge >= 0.3 is 0 Å². The fraction of sp³-hybridized carbons (Fsp3) is 0.211. The second-order valence-corrected chi connectivity index (χ2v) is 5.49. The summed E-state index contributed by atoms with van der Waals surface area (Å²) in [5, 5.41) is 0. The second-order valence-electron chi connectivity index (χ2n) is 5.49. The molecule has 0 aromatic heterocycles. The van der Waals surface area contributed by atoms with Gasteiger partial charge in [-0.15, -0.1) is 0 Å². The minimum Gasteiger partial charge on any atom is -0.494 e. The van der Waals surface area contributed by atoms with Crippen molar-refractivity contribution in [2.45, 2.75) is 6.92 Å². The summed E-state index contributed by atoms with van der Waals surface area (Å²) in [6, 6.07) is 11.0. The van der Waals surface area contributed by atoms with E-state index in [0.29, 0.717) is 35.0 Å². The number of carbonyl (C=O) groups excluding carboxylic acids is 1. The third kappa shape index (κ3) is 2.58. The van der Waals surface area contributed by atoms with Crippen LogP contribution in [0.2, 0.25) is 0 Å². The summed E-state index contributed by atoms with van der Waals surface area (Å²) >= 11 is 0. The Morgan fingerprint density at radius 3 is 2.75 bits per heavy atom. The van der Waals surface area contributed by atoms with Gasteiger partial charge in [0.15, 0.2) is 17.3 Å². The van der Waals surface area contributed by atoms with Crippen LogP contribution in [0.4, 0.5) is 0 Å². The first-order valence-electron chi connectivity index (χ1n) is 7.79. The van der Waals surface area contributed by atoms with Gasteiger partial charge in [-0.1, -0.05) is 12.1 Å². The van der Waals surface area contributed by atoms with Crippen LogP contribution in [0.25, 0.3) is 6.08 Å². The van der Waals surface area contributed by atoms with Crippen LogP contribution in [0.3, 0.4) is 0 Å². The summed E-state index contributed by atoms with van der Waals surface area (Å²) < 4.78 is 21.9. The average Bonchev–Trinajstić information content (AvgIpc) is 3.04. The molecular formula is C19H16O5. The fourth-order valence-electron chi connectivity index (χ4n) is 2.78. The number of fused-ring (bicyclic) bond motifs is 2. The first kappa shape index (κ1) is 14.6. The van der Waals surface area contributed by atoms with Crippen molar-refractivity contribution in [1.82, 2.24) is 0 Å². The Labute approximate surface area is 139 Å². The molecule has 24 heavy (non-hydrogen) atoms. The molecule has 0 saturated heterocycles. The molecule has 4 rings (SSSR count). The fourth-order valence-corrected chi connectivity index (χ4v) is 2.78. The Balaban J connectivity index is 1.66. The predicted octanol–water partition coefficient (Wildman–Crippen LogP) is 3.47. The molecule has 2 heterocycles. The van der Waals surface area contributed by atoms with Gasteiger partial charge in [0.2, 0.25) is 6.79 Å². The monoisotopic (exact) mass is 324 g/mol. The average molecular weight is 324 g/mol. The number of carbonyl (C=O) groups is 1. The standard InChI is InChI=1S/C19H16O5/c1-2-21-14-5-3-4-12(7-14)6-13-10-22-16-9-18-17(23-11-24-18)8-15(16)19(13)20/h3-9H,2,10-11H2,1H3/b13-6+. The molecule has 0 amide bonds. The number of rotatable bonds is 3. The van der Waals surface area contributed by atoms with E-state index in [1.54, 1.807) is 12.1 Å². The minimum absolute atomic E-state index is 0.0589. The van der Waals surface area contributed by atoms with Crippen molar-refractivity contribution in [2.24, 2.45) is 0 Å². The molecule has 0 bridgehead atoms. The Kier molecular flexibility index (Phi) is 3.61. The lowest BCUT2D eigenvalue weighted by Crippen LogP contribution is -2.19. The van der Waals surface area contributed by atoms with E-state index < -0.39 is 0 Å². The maximum atomic E-state index is 12.8. The Bertz CT molecular complexity index is 838. The molecule has 122 valence electrons. The first-order valence-corrected chi connectivity index (χ1v) is 7.79. The van der Waals surface area contributed by atoms with Crippen molar-refractivity contribution in [3.8, 4) is 23.0 Å². The van der Waals surface area contributed by atoms with E-state index in [9.17, 15) is 4.79 Å². The van der Waals surface area contributed by atoms with Gasteiger partial charge < -0.3 is 18.9 Å². The molecule has 0 saturated carbocycles. The number of hydrogen-bond donors (Lipinski definition) is 0. The lowest BCUT2D eigenvalue weighted by Gasteiger charge is -2.19. The van der Waals surface area contributed by atoms with Crippen LogP contribution in [0.1, 0.15) is 22.8 Å². The lowest BCUT2D eigenvalue weighted by atomic mass is 9.98. The van der Waals surface area contributed by atoms with Crippen LogP contribution in [0, 0.1) is 0 Å². The Morgan fingerprint density at radius 2 is 1.92 bits per heavy atom. The molecule has 0 unspecified atom stereocenters. The molecule has 5 nitrogen and oxygen atoms in total. The van der Waals surface area contributed by atoms with Crippen LogP contribution in [0.5, 0.6) is 23.0 Å². The van der Waals surface area contributed by atoms with Gasteiger partial charge in [-0.3, -0.25) is 4.79 Å². The maximum absolute atomic E-state index is 12.8. The summed E-state index contributed by atoms with van der Waals surface area (Å²) in [7, 11) is 0. The first-order chi connectivity index (χ1) is 11.7. The number of Topliss-reactive ketones (excluding diaryl/α,β-unsaturated/α-hetero) is 1. The highest BCUT2D eigenvalue weighted by Gasteiger charge is 2.27. The molecule has 0 radical (unpaired) electrons. The third-order valence-electron chi connectivity index (χ3n) is 3.90. The molecule has 0 fully saturated rings. The summed E-state index contributed by atoms with van der Waals surface area (Å²) in [5.41, 5.74) is 1.99. The Hall–Kier alpha value is -2.95. The minimum atomic E-state index is -0.0589. The number of ketones is 1. The van der Waals surface area contributed by atoms with E-state index in [1.165, 1.54) is 0 Å². The summed E-state index contributed by atoms with van der Waals surface area (Å²) in [6.45, 7) is 2.93. The highest BCUT2D eigenvalue weighted by molar-refractivity contribution is 6.14. The molecule has 5 heteroatoms. The molecule has 0 atom stereocenters. The van der Waals surface area contributed by atoms with Crippen LogP contribution >= 0.6 is 0 Å². The molecule has 2 aliphatic rings. The number of ether oxygens (including phenoxy) is 4. The van der Waals surface area contributed by atoms with Gasteiger partial charge in [-0.05, 0) is 36.8 Å². The van der Waals surface area contributed by atoms with Crippen LogP contribution in [-0.4, -0.2) is 25.8 Å². The van der Waals surface area contributed by atoms with E-state index in [-0.39, 0.29) is 19.2 Å². The predicted molar refractivity (Wildman–Crippen MR) is 88.0 cm³/mol. The quantitative estimate of drug-likeness (QED) is 0.809. The van der Waals surface area contributed by atoms with Crippen molar-refractivity contribution >= 4 is 11.9 Å². The van der Waals surface area contributed by atoms with Gasteiger partial charge in [-0.25, -0.2) is 0 Å². The Morgan fingerprint density at radius 1 is 1.08 bits per heavy atom. The van der Waals surface area contributed by atoms with E-state index >= 15 is 0 Å². The molecule has 2 aliphatic heterocycles. The van der Waals surface area contributed by atoms with E-state index in [4.69, 9.17) is 18.9 Å². The topological polar surface area (TPSA) is 54.0 Å². The largest absolute Gasteiger partial charge is 0.494 e. The van der Waals surface area contributed by atoms with Crippen molar-refractivity contribution in [3.63, 3.8) is 0 Å². The molecule has 0 N–H and O–H groups in total. The van der Waals surface area contributed by atoms with E-state index in [1.807, 2.05) is 37.3 Å². The maximum Gasteiger partial charge on any atom is 0.231 e. The normalized spacial score (nSPS) is 16.7. The third-order valence-corrected chi connectivity index (χ3v) is 3.90. The number of hydrogen-bond acceptors (Lipinski definition) is 5. The highest BCUT2D eigenvalue weighted by atomic mass is 16.7. The second kappa shape index (κ2) is 5.92. The number of benzene rings is 2. The van der Waals surface area contributed by atoms with Gasteiger partial charge in [-0.2, -0.15) is 0 Å². The van der Waals surface area contributed by atoms with E-state index in [2.05, 4.69) is 0 Å². The molecule has 0 spiro atoms. The summed E-state index contributed by atoms with van der Waals surface area (Å²) in [5.74, 6) is 2.43. The zero-order chi connectivity index (χ0) is 16.5. The molecule has 2 aromatic rings. The molecular weight excluding hydrogens is 308 g/mol. The van der Waals surface area contributed by atoms with Crippen LogP contribution < -0.4 is 18.9 Å². The SMILES string of the molecule is CCOc1cccc(/C=C2\COc3cc4c(cc3C2=O)OCO4)c1. The lowest BCUT2D eigenvalue weighted by molar-refractivity contribution is 0.100. The van der Waals surface area contributed by atoms with Gasteiger partial charge in [0.25, 0.3) is 0 Å². The van der Waals surface area contributed by atoms with Crippen molar-refractivity contribution < 1.29 is 23.7 Å². The van der Waals surface area contributed by atoms with E-state index in [0.717, 1.165) is 11.3 Å². The highest BCUT2D eigenvalue weighted by Crippen LogP contribution is 2.40. The van der Waals surface area contributed by atoms with Crippen LogP contribution in [-0.2, 0) is 0 Å². The van der Waals surface area contributed by atoms with Gasteiger partial charge in [0.05, 0.1) is 12.2 Å². The smallest absolute Gasteiger partial charge is 0.231 e. The zero-order valence-corrected chi connectivity index (χ0v) is 13.2.